The Labute approximate surface area is 198 Å². The van der Waals surface area contributed by atoms with E-state index >= 15 is 0 Å². The zero-order valence-corrected chi connectivity index (χ0v) is 19.9. The van der Waals surface area contributed by atoms with E-state index in [4.69, 9.17) is 4.74 Å². The van der Waals surface area contributed by atoms with Gasteiger partial charge in [-0.05, 0) is 37.6 Å². The Morgan fingerprint density at radius 3 is 2.82 bits per heavy atom. The lowest BCUT2D eigenvalue weighted by atomic mass is 10.0. The first-order valence-electron chi connectivity index (χ1n) is 11.5. The normalized spacial score (nSPS) is 20.6. The molecule has 3 atom stereocenters. The van der Waals surface area contributed by atoms with Gasteiger partial charge in [-0.25, -0.2) is 9.18 Å². The molecule has 1 aliphatic rings. The van der Waals surface area contributed by atoms with Crippen molar-refractivity contribution in [3.05, 3.63) is 42.0 Å². The molecule has 2 heterocycles. The van der Waals surface area contributed by atoms with Gasteiger partial charge < -0.3 is 25.0 Å². The molecule has 0 fully saturated rings. The van der Waals surface area contributed by atoms with Gasteiger partial charge in [0.1, 0.15) is 11.5 Å². The van der Waals surface area contributed by atoms with Crippen molar-refractivity contribution in [2.24, 2.45) is 5.92 Å². The average molecular weight is 477 g/mol. The van der Waals surface area contributed by atoms with Gasteiger partial charge in [-0.15, -0.1) is 5.10 Å². The Morgan fingerprint density at radius 1 is 1.38 bits per heavy atom. The van der Waals surface area contributed by atoms with Crippen LogP contribution in [-0.4, -0.2) is 80.7 Å². The Balaban J connectivity index is 1.75. The summed E-state index contributed by atoms with van der Waals surface area (Å²) in [5.41, 5.74) is 1.15. The highest BCUT2D eigenvalue weighted by atomic mass is 19.1. The van der Waals surface area contributed by atoms with Crippen LogP contribution in [0.25, 0.3) is 0 Å². The molecule has 3 rings (SSSR count). The van der Waals surface area contributed by atoms with E-state index in [0.29, 0.717) is 37.3 Å². The summed E-state index contributed by atoms with van der Waals surface area (Å²) in [6.45, 7) is 5.02. The molecule has 3 amide bonds. The predicted molar refractivity (Wildman–Crippen MR) is 123 cm³/mol. The third kappa shape index (κ3) is 6.97. The van der Waals surface area contributed by atoms with Crippen LogP contribution >= 0.6 is 0 Å². The van der Waals surface area contributed by atoms with Crippen LogP contribution in [-0.2, 0) is 22.7 Å². The molecule has 1 aromatic carbocycles. The summed E-state index contributed by atoms with van der Waals surface area (Å²) < 4.78 is 21.0. The SMILES string of the molecule is C[C@@H]1CN([C@H](C)CO)C(=O)CCCn2cc(nn2)CO[C@H]1CN(C)C(=O)Nc1ccc(F)cc1. The Bertz CT molecular complexity index is 953. The van der Waals surface area contributed by atoms with Crippen LogP contribution in [0.1, 0.15) is 32.4 Å². The number of urea groups is 1. The molecule has 0 aliphatic carbocycles. The molecule has 0 spiro atoms. The van der Waals surface area contributed by atoms with Gasteiger partial charge in [0.15, 0.2) is 0 Å². The third-order valence-electron chi connectivity index (χ3n) is 5.94. The predicted octanol–water partition coefficient (Wildman–Crippen LogP) is 2.11. The van der Waals surface area contributed by atoms with Crippen molar-refractivity contribution in [2.45, 2.75) is 52.0 Å². The summed E-state index contributed by atoms with van der Waals surface area (Å²) in [6.07, 6.45) is 2.32. The molecule has 10 nitrogen and oxygen atoms in total. The van der Waals surface area contributed by atoms with Crippen LogP contribution < -0.4 is 5.32 Å². The molecule has 1 aliphatic heterocycles. The number of aromatic nitrogens is 3. The lowest BCUT2D eigenvalue weighted by molar-refractivity contribution is -0.136. The molecule has 2 N–H and O–H groups in total. The molecule has 34 heavy (non-hydrogen) atoms. The number of hydrogen-bond acceptors (Lipinski definition) is 6. The molecule has 2 aromatic rings. The number of ether oxygens (including phenoxy) is 1. The molecule has 186 valence electrons. The Hall–Kier alpha value is -3.05. The smallest absolute Gasteiger partial charge is 0.321 e. The number of carbonyl (C=O) groups excluding carboxylic acids is 2. The highest BCUT2D eigenvalue weighted by Gasteiger charge is 2.28. The maximum atomic E-state index is 13.1. The highest BCUT2D eigenvalue weighted by molar-refractivity contribution is 5.89. The Kier molecular flexibility index (Phi) is 8.94. The number of amides is 3. The summed E-state index contributed by atoms with van der Waals surface area (Å²) in [4.78, 5) is 28.8. The van der Waals surface area contributed by atoms with E-state index in [-0.39, 0.29) is 49.5 Å². The number of aliphatic hydroxyl groups is 1. The van der Waals surface area contributed by atoms with Gasteiger partial charge in [-0.1, -0.05) is 12.1 Å². The second kappa shape index (κ2) is 11.9. The quantitative estimate of drug-likeness (QED) is 0.684. The van der Waals surface area contributed by atoms with Gasteiger partial charge in [-0.3, -0.25) is 9.48 Å². The fourth-order valence-corrected chi connectivity index (χ4v) is 3.80. The van der Waals surface area contributed by atoms with Gasteiger partial charge in [0.05, 0.1) is 31.6 Å². The van der Waals surface area contributed by atoms with Gasteiger partial charge in [0, 0.05) is 44.7 Å². The summed E-state index contributed by atoms with van der Waals surface area (Å²) in [7, 11) is 1.64. The van der Waals surface area contributed by atoms with Crippen molar-refractivity contribution in [2.75, 3.05) is 32.1 Å². The monoisotopic (exact) mass is 476 g/mol. The van der Waals surface area contributed by atoms with Crippen LogP contribution in [0.5, 0.6) is 0 Å². The van der Waals surface area contributed by atoms with Crippen molar-refractivity contribution < 1.29 is 23.8 Å². The summed E-state index contributed by atoms with van der Waals surface area (Å²) in [5, 5.41) is 20.7. The number of fused-ring (bicyclic) bond motifs is 2. The standard InChI is InChI=1S/C23H33FN6O4/c1-16-11-30(17(2)14-31)22(32)5-4-10-29-12-20(26-27-29)15-34-21(16)13-28(3)23(33)25-19-8-6-18(24)7-9-19/h6-9,12,16-17,21,31H,4-5,10-11,13-15H2,1-3H3,(H,25,33)/t16-,17-,21+/m1/s1. The van der Waals surface area contributed by atoms with E-state index < -0.39 is 6.10 Å². The molecular formula is C23H33FN6O4. The average Bonchev–Trinajstić information content (AvgIpc) is 3.27. The number of anilines is 1. The number of hydrogen-bond donors (Lipinski definition) is 2. The highest BCUT2D eigenvalue weighted by Crippen LogP contribution is 2.18. The van der Waals surface area contributed by atoms with Gasteiger partial charge in [0.2, 0.25) is 5.91 Å². The minimum atomic E-state index is -0.420. The number of carbonyl (C=O) groups is 2. The third-order valence-corrected chi connectivity index (χ3v) is 5.94. The molecule has 1 aromatic heterocycles. The summed E-state index contributed by atoms with van der Waals surface area (Å²) in [6, 6.07) is 4.82. The second-order valence-corrected chi connectivity index (χ2v) is 8.80. The fourth-order valence-electron chi connectivity index (χ4n) is 3.80. The number of likely N-dealkylation sites (N-methyl/N-ethyl adjacent to an activating group) is 1. The lowest BCUT2D eigenvalue weighted by Gasteiger charge is -2.35. The van der Waals surface area contributed by atoms with E-state index in [1.54, 1.807) is 22.8 Å². The number of nitrogens with one attached hydrogen (secondary N) is 1. The van der Waals surface area contributed by atoms with Gasteiger partial charge >= 0.3 is 6.03 Å². The topological polar surface area (TPSA) is 113 Å². The molecular weight excluding hydrogens is 443 g/mol. The minimum Gasteiger partial charge on any atom is -0.394 e. The number of aryl methyl sites for hydroxylation is 1. The minimum absolute atomic E-state index is 0.0471. The zero-order valence-electron chi connectivity index (χ0n) is 19.9. The number of benzene rings is 1. The largest absolute Gasteiger partial charge is 0.394 e. The summed E-state index contributed by atoms with van der Waals surface area (Å²) >= 11 is 0. The molecule has 0 saturated carbocycles. The van der Waals surface area contributed by atoms with Crippen molar-refractivity contribution in [3.63, 3.8) is 0 Å². The van der Waals surface area contributed by atoms with Crippen LogP contribution in [0.4, 0.5) is 14.9 Å². The Morgan fingerprint density at radius 2 is 2.12 bits per heavy atom. The first-order chi connectivity index (χ1) is 16.3. The van der Waals surface area contributed by atoms with E-state index in [9.17, 15) is 19.1 Å². The lowest BCUT2D eigenvalue weighted by Crippen LogP contribution is -2.48. The molecule has 0 saturated heterocycles. The van der Waals surface area contributed by atoms with Crippen molar-refractivity contribution in [1.82, 2.24) is 24.8 Å². The zero-order chi connectivity index (χ0) is 24.7. The maximum absolute atomic E-state index is 13.1. The van der Waals surface area contributed by atoms with Crippen LogP contribution in [0.15, 0.2) is 30.5 Å². The summed E-state index contributed by atoms with van der Waals surface area (Å²) in [5.74, 6) is -0.574. The number of aliphatic hydroxyl groups excluding tert-OH is 1. The molecule has 0 radical (unpaired) electrons. The van der Waals surface area contributed by atoms with Crippen molar-refractivity contribution in [3.8, 4) is 0 Å². The first-order valence-corrected chi connectivity index (χ1v) is 11.5. The maximum Gasteiger partial charge on any atom is 0.321 e. The van der Waals surface area contributed by atoms with Crippen molar-refractivity contribution >= 4 is 17.6 Å². The number of nitrogens with zero attached hydrogens (tertiary/aromatic N) is 5. The van der Waals surface area contributed by atoms with Crippen molar-refractivity contribution in [1.29, 1.82) is 0 Å². The van der Waals surface area contributed by atoms with E-state index in [1.807, 2.05) is 13.8 Å². The molecule has 11 heteroatoms. The first kappa shape index (κ1) is 25.6. The number of rotatable bonds is 5. The van der Waals surface area contributed by atoms with E-state index in [1.165, 1.54) is 29.2 Å². The van der Waals surface area contributed by atoms with E-state index in [0.717, 1.165) is 0 Å². The van der Waals surface area contributed by atoms with Crippen LogP contribution in [0.2, 0.25) is 0 Å². The van der Waals surface area contributed by atoms with Gasteiger partial charge in [0.25, 0.3) is 0 Å². The van der Waals surface area contributed by atoms with Crippen LogP contribution in [0, 0.1) is 11.7 Å². The second-order valence-electron chi connectivity index (χ2n) is 8.80. The molecule has 0 unspecified atom stereocenters. The van der Waals surface area contributed by atoms with Crippen LogP contribution in [0.3, 0.4) is 0 Å². The van der Waals surface area contributed by atoms with E-state index in [2.05, 4.69) is 15.6 Å². The van der Waals surface area contributed by atoms with Gasteiger partial charge in [-0.2, -0.15) is 0 Å². The number of halogens is 1. The fraction of sp³-hybridized carbons (Fsp3) is 0.565. The molecule has 2 bridgehead atoms.